The standard InChI is InChI=1S/C24H24F3N5O6/c1-11-18(7-16-15-6-14(38-24(25,26)27)4-5-17(15)30-21(16)35)29-12(2)20(11)22(36)28-8-13(33)9-32-19(34)10-31(3)23(32)37/h4-7,13,29,33H,8-10H2,1-3H3,(H,28,36)(H,30,35)/b16-7-/t13-/m1/s1. The van der Waals surface area contributed by atoms with Gasteiger partial charge in [0.15, 0.2) is 0 Å². The Morgan fingerprint density at radius 1 is 1.26 bits per heavy atom. The molecule has 11 nitrogen and oxygen atoms in total. The fraction of sp³-hybridized carbons (Fsp3) is 0.333. The maximum Gasteiger partial charge on any atom is 0.573 e. The number of rotatable bonds is 7. The fourth-order valence-electron chi connectivity index (χ4n) is 4.33. The fourth-order valence-corrected chi connectivity index (χ4v) is 4.33. The molecule has 0 bridgehead atoms. The van der Waals surface area contributed by atoms with Crippen molar-refractivity contribution in [1.29, 1.82) is 0 Å². The van der Waals surface area contributed by atoms with E-state index in [4.69, 9.17) is 0 Å². The number of alkyl halides is 3. The Labute approximate surface area is 214 Å². The number of aliphatic hydroxyl groups is 1. The summed E-state index contributed by atoms with van der Waals surface area (Å²) in [5, 5.41) is 15.4. The second kappa shape index (κ2) is 9.85. The van der Waals surface area contributed by atoms with Gasteiger partial charge in [-0.15, -0.1) is 13.2 Å². The molecule has 2 aliphatic rings. The van der Waals surface area contributed by atoms with E-state index in [9.17, 15) is 37.5 Å². The van der Waals surface area contributed by atoms with Crippen molar-refractivity contribution in [2.45, 2.75) is 26.3 Å². The summed E-state index contributed by atoms with van der Waals surface area (Å²) in [7, 11) is 1.46. The summed E-state index contributed by atoms with van der Waals surface area (Å²) < 4.78 is 41.9. The number of halogens is 3. The van der Waals surface area contributed by atoms with Crippen molar-refractivity contribution in [1.82, 2.24) is 20.1 Å². The van der Waals surface area contributed by atoms with Gasteiger partial charge < -0.3 is 30.4 Å². The van der Waals surface area contributed by atoms with E-state index in [0.717, 1.165) is 17.0 Å². The maximum absolute atomic E-state index is 12.9. The number of nitrogens with one attached hydrogen (secondary N) is 3. The zero-order chi connectivity index (χ0) is 27.9. The van der Waals surface area contributed by atoms with E-state index in [2.05, 4.69) is 20.4 Å². The lowest BCUT2D eigenvalue weighted by atomic mass is 10.0. The number of aromatic amines is 1. The maximum atomic E-state index is 12.9. The van der Waals surface area contributed by atoms with Gasteiger partial charge in [-0.1, -0.05) is 0 Å². The Morgan fingerprint density at radius 2 is 1.97 bits per heavy atom. The Balaban J connectivity index is 1.50. The Morgan fingerprint density at radius 3 is 2.61 bits per heavy atom. The number of aromatic nitrogens is 1. The SMILES string of the molecule is Cc1[nH]c(/C=C2\C(=O)Nc3ccc(OC(F)(F)F)cc32)c(C)c1C(=O)NC[C@@H](O)CN1C(=O)CN(C)C1=O. The van der Waals surface area contributed by atoms with Crippen LogP contribution in [0.5, 0.6) is 5.75 Å². The number of anilines is 1. The number of aryl methyl sites for hydroxylation is 1. The number of H-pyrrole nitrogens is 1. The van der Waals surface area contributed by atoms with Crippen LogP contribution in [0.3, 0.4) is 0 Å². The van der Waals surface area contributed by atoms with E-state index in [1.807, 2.05) is 0 Å². The highest BCUT2D eigenvalue weighted by atomic mass is 19.4. The molecule has 5 amide bonds. The first kappa shape index (κ1) is 26.7. The van der Waals surface area contributed by atoms with Crippen molar-refractivity contribution in [3.8, 4) is 5.75 Å². The number of β-amino-alcohol motifs (C(OH)–C–C–N with tert-alkyl or cyclic N) is 1. The number of likely N-dealkylation sites (N-methyl/N-ethyl adjacent to an activating group) is 1. The van der Waals surface area contributed by atoms with E-state index in [0.29, 0.717) is 22.6 Å². The molecule has 1 aromatic heterocycles. The first-order chi connectivity index (χ1) is 17.7. The van der Waals surface area contributed by atoms with E-state index in [1.54, 1.807) is 13.8 Å². The highest BCUT2D eigenvalue weighted by molar-refractivity contribution is 6.35. The molecule has 0 spiro atoms. The van der Waals surface area contributed by atoms with Crippen molar-refractivity contribution in [2.24, 2.45) is 0 Å². The predicted octanol–water partition coefficient (Wildman–Crippen LogP) is 2.01. The molecule has 1 fully saturated rings. The van der Waals surface area contributed by atoms with Crippen molar-refractivity contribution < 1.29 is 42.2 Å². The molecule has 3 heterocycles. The van der Waals surface area contributed by atoms with Gasteiger partial charge in [-0.2, -0.15) is 0 Å². The molecule has 202 valence electrons. The van der Waals surface area contributed by atoms with E-state index in [1.165, 1.54) is 24.1 Å². The van der Waals surface area contributed by atoms with Gasteiger partial charge in [-0.05, 0) is 43.7 Å². The second-order valence-electron chi connectivity index (χ2n) is 8.94. The minimum Gasteiger partial charge on any atom is -0.406 e. The van der Waals surface area contributed by atoms with Crippen molar-refractivity contribution in [3.05, 3.63) is 46.3 Å². The molecule has 0 aliphatic carbocycles. The van der Waals surface area contributed by atoms with Crippen LogP contribution in [0.25, 0.3) is 11.6 Å². The average Bonchev–Trinajstić information content (AvgIpc) is 3.37. The first-order valence-corrected chi connectivity index (χ1v) is 11.4. The van der Waals surface area contributed by atoms with E-state index >= 15 is 0 Å². The lowest BCUT2D eigenvalue weighted by molar-refractivity contribution is -0.274. The summed E-state index contributed by atoms with van der Waals surface area (Å²) in [5.41, 5.74) is 2.11. The zero-order valence-electron chi connectivity index (χ0n) is 20.5. The number of urea groups is 1. The van der Waals surface area contributed by atoms with Gasteiger partial charge in [0.05, 0.1) is 23.8 Å². The van der Waals surface area contributed by atoms with Gasteiger partial charge in [0.25, 0.3) is 11.8 Å². The van der Waals surface area contributed by atoms with Gasteiger partial charge in [0.2, 0.25) is 5.91 Å². The molecule has 14 heteroatoms. The third-order valence-electron chi connectivity index (χ3n) is 6.12. The zero-order valence-corrected chi connectivity index (χ0v) is 20.5. The molecule has 2 aliphatic heterocycles. The highest BCUT2D eigenvalue weighted by Gasteiger charge is 2.35. The van der Waals surface area contributed by atoms with Crippen molar-refractivity contribution in [2.75, 3.05) is 32.0 Å². The number of amides is 5. The molecular weight excluding hydrogens is 511 g/mol. The Hall–Kier alpha value is -4.33. The number of carbonyl (C=O) groups excluding carboxylic acids is 4. The summed E-state index contributed by atoms with van der Waals surface area (Å²) in [6.07, 6.45) is -4.67. The Kier molecular flexibility index (Phi) is 6.93. The monoisotopic (exact) mass is 535 g/mol. The predicted molar refractivity (Wildman–Crippen MR) is 128 cm³/mol. The summed E-state index contributed by atoms with van der Waals surface area (Å²) in [6, 6.07) is 2.95. The highest BCUT2D eigenvalue weighted by Crippen LogP contribution is 2.37. The molecule has 0 radical (unpaired) electrons. The van der Waals surface area contributed by atoms with E-state index in [-0.39, 0.29) is 36.3 Å². The van der Waals surface area contributed by atoms with Gasteiger partial charge in [0.1, 0.15) is 12.3 Å². The smallest absolute Gasteiger partial charge is 0.406 e. The largest absolute Gasteiger partial charge is 0.573 e. The average molecular weight is 535 g/mol. The van der Waals surface area contributed by atoms with Gasteiger partial charge >= 0.3 is 12.4 Å². The number of hydrogen-bond donors (Lipinski definition) is 4. The number of nitrogens with zero attached hydrogens (tertiary/aromatic N) is 2. The molecule has 1 aromatic carbocycles. The minimum absolute atomic E-state index is 0.0734. The number of carbonyl (C=O) groups is 4. The summed E-state index contributed by atoms with van der Waals surface area (Å²) in [4.78, 5) is 54.4. The molecule has 2 aromatic rings. The van der Waals surface area contributed by atoms with Crippen LogP contribution < -0.4 is 15.4 Å². The van der Waals surface area contributed by atoms with Crippen LogP contribution in [-0.4, -0.2) is 82.8 Å². The van der Waals surface area contributed by atoms with Gasteiger partial charge in [-0.3, -0.25) is 19.3 Å². The van der Waals surface area contributed by atoms with Crippen LogP contribution in [0.15, 0.2) is 18.2 Å². The number of hydrogen-bond acceptors (Lipinski definition) is 6. The third-order valence-corrected chi connectivity index (χ3v) is 6.12. The van der Waals surface area contributed by atoms with Crippen molar-refractivity contribution >= 4 is 41.1 Å². The number of benzene rings is 1. The van der Waals surface area contributed by atoms with Crippen LogP contribution in [0.1, 0.15) is 32.9 Å². The molecule has 4 rings (SSSR count). The van der Waals surface area contributed by atoms with Crippen LogP contribution >= 0.6 is 0 Å². The first-order valence-electron chi connectivity index (χ1n) is 11.4. The summed E-state index contributed by atoms with van der Waals surface area (Å²) in [5.74, 6) is -2.03. The molecule has 4 N–H and O–H groups in total. The molecule has 38 heavy (non-hydrogen) atoms. The van der Waals surface area contributed by atoms with Crippen LogP contribution in [0.2, 0.25) is 0 Å². The lowest BCUT2D eigenvalue weighted by Crippen LogP contribution is -2.43. The van der Waals surface area contributed by atoms with Crippen LogP contribution in [-0.2, 0) is 9.59 Å². The second-order valence-corrected chi connectivity index (χ2v) is 8.94. The molecule has 0 unspecified atom stereocenters. The Bertz CT molecular complexity index is 1370. The quantitative estimate of drug-likeness (QED) is 0.316. The minimum atomic E-state index is -4.90. The topological polar surface area (TPSA) is 144 Å². The number of fused-ring (bicyclic) bond motifs is 1. The van der Waals surface area contributed by atoms with Gasteiger partial charge in [-0.25, -0.2) is 4.79 Å². The lowest BCUT2D eigenvalue weighted by Gasteiger charge is -2.18. The molecular formula is C24H24F3N5O6. The number of imide groups is 1. The van der Waals surface area contributed by atoms with Gasteiger partial charge in [0, 0.05) is 36.2 Å². The van der Waals surface area contributed by atoms with Crippen LogP contribution in [0, 0.1) is 13.8 Å². The third kappa shape index (κ3) is 5.34. The number of aliphatic hydroxyl groups excluding tert-OH is 1. The van der Waals surface area contributed by atoms with E-state index < -0.39 is 42.0 Å². The van der Waals surface area contributed by atoms with Crippen LogP contribution in [0.4, 0.5) is 23.7 Å². The normalized spacial score (nSPS) is 17.2. The number of ether oxygens (including phenoxy) is 1. The molecule has 0 saturated carbocycles. The summed E-state index contributed by atoms with van der Waals surface area (Å²) >= 11 is 0. The molecule has 1 atom stereocenters. The van der Waals surface area contributed by atoms with Crippen molar-refractivity contribution in [3.63, 3.8) is 0 Å². The molecule has 1 saturated heterocycles. The summed E-state index contributed by atoms with van der Waals surface area (Å²) in [6.45, 7) is 2.64.